The van der Waals surface area contributed by atoms with Crippen LogP contribution in [0.2, 0.25) is 0 Å². The summed E-state index contributed by atoms with van der Waals surface area (Å²) in [4.78, 5) is 6.14. The van der Waals surface area contributed by atoms with Crippen LogP contribution in [0.25, 0.3) is 10.9 Å². The SMILES string of the molecule is COCC(F)(F)c1cccc([C@@H](C)Nc2nnc(C)c3nc(O)c(N4CC(C)(O)C4)cc23)c1. The smallest absolute Gasteiger partial charge is 0.296 e. The van der Waals surface area contributed by atoms with Crippen molar-refractivity contribution in [3.63, 3.8) is 0 Å². The summed E-state index contributed by atoms with van der Waals surface area (Å²) in [5.41, 5.74) is 1.20. The number of rotatable bonds is 7. The van der Waals surface area contributed by atoms with Gasteiger partial charge in [0.1, 0.15) is 17.8 Å². The number of anilines is 2. The second-order valence-corrected chi connectivity index (χ2v) is 8.84. The third-order valence-electron chi connectivity index (χ3n) is 5.77. The highest BCUT2D eigenvalue weighted by Crippen LogP contribution is 2.38. The highest BCUT2D eigenvalue weighted by molar-refractivity contribution is 5.93. The zero-order valence-corrected chi connectivity index (χ0v) is 18.9. The highest BCUT2D eigenvalue weighted by atomic mass is 19.3. The van der Waals surface area contributed by atoms with Gasteiger partial charge < -0.3 is 25.2 Å². The van der Waals surface area contributed by atoms with Gasteiger partial charge in [-0.1, -0.05) is 18.2 Å². The number of β-amino-alcohol motifs (C(OH)–C–C–N with tert-alkyl or cyclic N) is 1. The standard InChI is InChI=1S/C23H27F2N5O3/c1-13(15-6-5-7-16(8-15)23(24,25)12-33-4)26-20-17-9-18(30-10-22(3,32)11-30)21(31)27-19(17)14(2)28-29-20/h5-9,13,32H,10-12H2,1-4H3,(H,26,29)(H,27,31)/t13-/m1/s1. The Bertz CT molecular complexity index is 1180. The molecule has 0 radical (unpaired) electrons. The number of benzene rings is 1. The maximum atomic E-state index is 14.3. The van der Waals surface area contributed by atoms with Gasteiger partial charge in [0.25, 0.3) is 5.92 Å². The summed E-state index contributed by atoms with van der Waals surface area (Å²) < 4.78 is 33.3. The molecule has 4 rings (SSSR count). The first kappa shape index (κ1) is 23.1. The first-order chi connectivity index (χ1) is 15.5. The molecule has 3 heterocycles. The molecule has 8 nitrogen and oxygen atoms in total. The number of alkyl halides is 2. The van der Waals surface area contributed by atoms with Gasteiger partial charge in [-0.2, -0.15) is 13.9 Å². The van der Waals surface area contributed by atoms with Crippen LogP contribution in [0.15, 0.2) is 30.3 Å². The molecule has 0 saturated carbocycles. The van der Waals surface area contributed by atoms with Crippen LogP contribution in [0.1, 0.15) is 36.7 Å². The predicted octanol–water partition coefficient (Wildman–Crippen LogP) is 3.52. The molecule has 1 fully saturated rings. The molecule has 1 atom stereocenters. The summed E-state index contributed by atoms with van der Waals surface area (Å²) in [7, 11) is 1.24. The van der Waals surface area contributed by atoms with E-state index in [4.69, 9.17) is 0 Å². The van der Waals surface area contributed by atoms with Crippen molar-refractivity contribution in [3.8, 4) is 5.88 Å². The molecule has 0 aliphatic carbocycles. The van der Waals surface area contributed by atoms with E-state index in [-0.39, 0.29) is 17.5 Å². The summed E-state index contributed by atoms with van der Waals surface area (Å²) >= 11 is 0. The van der Waals surface area contributed by atoms with Gasteiger partial charge in [0.2, 0.25) is 5.88 Å². The van der Waals surface area contributed by atoms with Crippen molar-refractivity contribution in [1.29, 1.82) is 0 Å². The number of hydrogen-bond donors (Lipinski definition) is 3. The number of aliphatic hydroxyl groups is 1. The average molecular weight is 459 g/mol. The van der Waals surface area contributed by atoms with Crippen LogP contribution in [-0.2, 0) is 10.7 Å². The summed E-state index contributed by atoms with van der Waals surface area (Å²) in [6.07, 6.45) is 0. The number of pyridine rings is 1. The fraction of sp³-hybridized carbons (Fsp3) is 0.435. The number of nitrogens with one attached hydrogen (secondary N) is 1. The third-order valence-corrected chi connectivity index (χ3v) is 5.77. The minimum absolute atomic E-state index is 0.131. The van der Waals surface area contributed by atoms with Crippen LogP contribution >= 0.6 is 0 Å². The Morgan fingerprint density at radius 3 is 2.67 bits per heavy atom. The van der Waals surface area contributed by atoms with Crippen LogP contribution < -0.4 is 10.2 Å². The van der Waals surface area contributed by atoms with E-state index in [0.717, 1.165) is 0 Å². The van der Waals surface area contributed by atoms with Crippen LogP contribution in [0.5, 0.6) is 5.88 Å². The molecule has 33 heavy (non-hydrogen) atoms. The lowest BCUT2D eigenvalue weighted by Gasteiger charge is -2.45. The second-order valence-electron chi connectivity index (χ2n) is 8.84. The van der Waals surface area contributed by atoms with Gasteiger partial charge in [0.05, 0.1) is 17.3 Å². The normalized spacial score (nSPS) is 16.5. The molecule has 10 heteroatoms. The van der Waals surface area contributed by atoms with Crippen LogP contribution in [-0.4, -0.2) is 57.8 Å². The van der Waals surface area contributed by atoms with Gasteiger partial charge in [-0.15, -0.1) is 5.10 Å². The van der Waals surface area contributed by atoms with E-state index >= 15 is 0 Å². The number of aromatic hydroxyl groups is 1. The number of methoxy groups -OCH3 is 1. The molecule has 3 aromatic rings. The lowest BCUT2D eigenvalue weighted by atomic mass is 9.96. The fourth-order valence-electron chi connectivity index (χ4n) is 4.05. The molecule has 1 saturated heterocycles. The largest absolute Gasteiger partial charge is 0.492 e. The zero-order chi connectivity index (χ0) is 24.0. The lowest BCUT2D eigenvalue weighted by molar-refractivity contribution is -0.0698. The monoisotopic (exact) mass is 459 g/mol. The third kappa shape index (κ3) is 4.53. The Hall–Kier alpha value is -3.11. The predicted molar refractivity (Wildman–Crippen MR) is 121 cm³/mol. The quantitative estimate of drug-likeness (QED) is 0.493. The number of hydrogen-bond acceptors (Lipinski definition) is 8. The molecule has 0 bridgehead atoms. The number of aryl methyl sites for hydroxylation is 1. The Labute approximate surface area is 190 Å². The van der Waals surface area contributed by atoms with E-state index < -0.39 is 18.1 Å². The van der Waals surface area contributed by atoms with Gasteiger partial charge in [0, 0.05) is 31.1 Å². The van der Waals surface area contributed by atoms with Crippen molar-refractivity contribution in [3.05, 3.63) is 47.2 Å². The van der Waals surface area contributed by atoms with Crippen molar-refractivity contribution < 1.29 is 23.7 Å². The van der Waals surface area contributed by atoms with E-state index in [0.29, 0.717) is 46.8 Å². The lowest BCUT2D eigenvalue weighted by Crippen LogP contribution is -2.60. The Morgan fingerprint density at radius 2 is 2.00 bits per heavy atom. The van der Waals surface area contributed by atoms with Gasteiger partial charge in [0.15, 0.2) is 5.82 Å². The number of nitrogens with zero attached hydrogens (tertiary/aromatic N) is 4. The maximum Gasteiger partial charge on any atom is 0.296 e. The van der Waals surface area contributed by atoms with Gasteiger partial charge in [-0.3, -0.25) is 0 Å². The molecule has 1 aromatic carbocycles. The number of halogens is 2. The fourth-order valence-corrected chi connectivity index (χ4v) is 4.05. The maximum absolute atomic E-state index is 14.3. The number of fused-ring (bicyclic) bond motifs is 1. The summed E-state index contributed by atoms with van der Waals surface area (Å²) in [6, 6.07) is 7.54. The first-order valence-electron chi connectivity index (χ1n) is 10.6. The molecular weight excluding hydrogens is 432 g/mol. The Morgan fingerprint density at radius 1 is 1.27 bits per heavy atom. The summed E-state index contributed by atoms with van der Waals surface area (Å²) in [6.45, 7) is 5.34. The van der Waals surface area contributed by atoms with Crippen LogP contribution in [0.4, 0.5) is 20.3 Å². The zero-order valence-electron chi connectivity index (χ0n) is 18.9. The van der Waals surface area contributed by atoms with E-state index in [9.17, 15) is 19.0 Å². The second kappa shape index (κ2) is 8.35. The minimum atomic E-state index is -3.10. The number of ether oxygens (including phenoxy) is 1. The van der Waals surface area contributed by atoms with Gasteiger partial charge in [-0.05, 0) is 38.5 Å². The molecular formula is C23H27F2N5O3. The first-order valence-corrected chi connectivity index (χ1v) is 10.6. The van der Waals surface area contributed by atoms with E-state index in [1.165, 1.54) is 19.2 Å². The van der Waals surface area contributed by atoms with Gasteiger partial charge >= 0.3 is 0 Å². The number of aromatic nitrogens is 3. The van der Waals surface area contributed by atoms with Gasteiger partial charge in [-0.25, -0.2) is 4.98 Å². The molecule has 0 amide bonds. The average Bonchev–Trinajstić information content (AvgIpc) is 2.74. The molecule has 2 aromatic heterocycles. The Kier molecular flexibility index (Phi) is 5.83. The van der Waals surface area contributed by atoms with Crippen molar-refractivity contribution >= 4 is 22.4 Å². The van der Waals surface area contributed by atoms with E-state index in [1.54, 1.807) is 32.0 Å². The molecule has 1 aliphatic rings. The van der Waals surface area contributed by atoms with Crippen LogP contribution in [0.3, 0.4) is 0 Å². The highest BCUT2D eigenvalue weighted by Gasteiger charge is 2.38. The van der Waals surface area contributed by atoms with Crippen molar-refractivity contribution in [2.24, 2.45) is 0 Å². The van der Waals surface area contributed by atoms with Crippen LogP contribution in [0, 0.1) is 6.92 Å². The van der Waals surface area contributed by atoms with Crippen molar-refractivity contribution in [2.45, 2.75) is 38.3 Å². The molecule has 3 N–H and O–H groups in total. The van der Waals surface area contributed by atoms with E-state index in [1.807, 2.05) is 11.8 Å². The minimum Gasteiger partial charge on any atom is -0.492 e. The summed E-state index contributed by atoms with van der Waals surface area (Å²) in [5, 5.41) is 32.8. The molecule has 0 spiro atoms. The molecule has 176 valence electrons. The van der Waals surface area contributed by atoms with Crippen molar-refractivity contribution in [2.75, 3.05) is 37.0 Å². The van der Waals surface area contributed by atoms with Crippen molar-refractivity contribution in [1.82, 2.24) is 15.2 Å². The Balaban J connectivity index is 1.67. The molecule has 1 aliphatic heterocycles. The van der Waals surface area contributed by atoms with E-state index in [2.05, 4.69) is 25.2 Å². The molecule has 0 unspecified atom stereocenters. The topological polar surface area (TPSA) is 104 Å². The summed E-state index contributed by atoms with van der Waals surface area (Å²) in [5.74, 6) is -2.84.